The summed E-state index contributed by atoms with van der Waals surface area (Å²) in [6, 6.07) is 4.99. The van der Waals surface area contributed by atoms with Gasteiger partial charge in [0.15, 0.2) is 11.6 Å². The van der Waals surface area contributed by atoms with E-state index in [0.717, 1.165) is 48.8 Å². The van der Waals surface area contributed by atoms with E-state index >= 15 is 0 Å². The van der Waals surface area contributed by atoms with E-state index in [9.17, 15) is 18.0 Å². The zero-order valence-electron chi connectivity index (χ0n) is 19.7. The van der Waals surface area contributed by atoms with E-state index in [0.29, 0.717) is 5.92 Å². The number of carbonyl (C=O) groups excluding carboxylic acids is 1. The van der Waals surface area contributed by atoms with Crippen molar-refractivity contribution in [2.45, 2.75) is 38.8 Å². The zero-order chi connectivity index (χ0) is 26.0. The number of nitrogens with zero attached hydrogens (tertiary/aromatic N) is 4. The van der Waals surface area contributed by atoms with Gasteiger partial charge in [-0.1, -0.05) is 17.7 Å². The highest BCUT2D eigenvalue weighted by Gasteiger charge is 2.33. The summed E-state index contributed by atoms with van der Waals surface area (Å²) in [6.07, 6.45) is -1.30. The van der Waals surface area contributed by atoms with Gasteiger partial charge in [-0.15, -0.1) is 0 Å². The maximum Gasteiger partial charge on any atom is 0.432 e. The van der Waals surface area contributed by atoms with Gasteiger partial charge in [-0.05, 0) is 68.5 Å². The quantitative estimate of drug-likeness (QED) is 0.356. The number of anilines is 4. The number of rotatable bonds is 7. The van der Waals surface area contributed by atoms with Crippen LogP contribution in [0.4, 0.5) is 36.4 Å². The predicted molar refractivity (Wildman–Crippen MR) is 131 cm³/mol. The van der Waals surface area contributed by atoms with Crippen molar-refractivity contribution in [3.05, 3.63) is 51.8 Å². The van der Waals surface area contributed by atoms with Crippen molar-refractivity contribution in [2.75, 3.05) is 30.3 Å². The molecule has 9 nitrogen and oxygen atoms in total. The third kappa shape index (κ3) is 6.05. The monoisotopic (exact) mass is 522 g/mol. The van der Waals surface area contributed by atoms with Gasteiger partial charge in [0.2, 0.25) is 11.9 Å². The maximum atomic E-state index is 12.8. The minimum Gasteiger partial charge on any atom is -0.369 e. The molecule has 1 fully saturated rings. The second-order valence-corrected chi connectivity index (χ2v) is 9.25. The highest BCUT2D eigenvalue weighted by atomic mass is 35.5. The lowest BCUT2D eigenvalue weighted by atomic mass is 9.85. The smallest absolute Gasteiger partial charge is 0.369 e. The van der Waals surface area contributed by atoms with Crippen molar-refractivity contribution in [3.63, 3.8) is 0 Å². The fraction of sp³-hybridized carbons (Fsp3) is 0.391. The average Bonchev–Trinajstić information content (AvgIpc) is 3.28. The van der Waals surface area contributed by atoms with Crippen LogP contribution in [0.25, 0.3) is 0 Å². The van der Waals surface area contributed by atoms with Crippen molar-refractivity contribution >= 4 is 40.8 Å². The summed E-state index contributed by atoms with van der Waals surface area (Å²) in [6.45, 7) is 5.95. The molecule has 1 aromatic carbocycles. The summed E-state index contributed by atoms with van der Waals surface area (Å²) in [7, 11) is 0. The first-order valence-corrected chi connectivity index (χ1v) is 11.7. The van der Waals surface area contributed by atoms with Crippen LogP contribution in [0, 0.1) is 13.8 Å². The number of primary amides is 1. The summed E-state index contributed by atoms with van der Waals surface area (Å²) >= 11 is 6.14. The van der Waals surface area contributed by atoms with E-state index in [-0.39, 0.29) is 35.1 Å². The van der Waals surface area contributed by atoms with Crippen LogP contribution in [0.15, 0.2) is 24.4 Å². The molecule has 4 rings (SSSR count). The Morgan fingerprint density at radius 1 is 1.19 bits per heavy atom. The standard InChI is InChI=1S/C23H26ClF3N8O/c1-12-8-17(13(2)7-15(12)14-3-5-35(6-4-14)11-19(28)36)30-22-29-10-16(24)21(32-22)31-20-9-18(33-34-20)23(25,26)27/h7-10,14H,3-6,11H2,1-2H3,(H2,28,36)(H3,29,30,31,32,33,34). The summed E-state index contributed by atoms with van der Waals surface area (Å²) in [5.74, 6) is 0.340. The van der Waals surface area contributed by atoms with Crippen molar-refractivity contribution in [2.24, 2.45) is 5.73 Å². The molecule has 0 bridgehead atoms. The second-order valence-electron chi connectivity index (χ2n) is 8.85. The topological polar surface area (TPSA) is 125 Å². The van der Waals surface area contributed by atoms with Crippen LogP contribution in [-0.2, 0) is 11.0 Å². The van der Waals surface area contributed by atoms with Crippen LogP contribution < -0.4 is 16.4 Å². The number of likely N-dealkylation sites (tertiary alicyclic amines) is 1. The van der Waals surface area contributed by atoms with E-state index in [1.807, 2.05) is 25.0 Å². The van der Waals surface area contributed by atoms with Gasteiger partial charge in [-0.3, -0.25) is 14.8 Å². The molecule has 1 amide bonds. The van der Waals surface area contributed by atoms with Crippen molar-refractivity contribution in [3.8, 4) is 0 Å². The lowest BCUT2D eigenvalue weighted by Gasteiger charge is -2.32. The number of aryl methyl sites for hydroxylation is 2. The summed E-state index contributed by atoms with van der Waals surface area (Å²) in [5.41, 5.74) is 8.49. The number of hydrogen-bond donors (Lipinski definition) is 4. The highest BCUT2D eigenvalue weighted by Crippen LogP contribution is 2.34. The summed E-state index contributed by atoms with van der Waals surface area (Å²) < 4.78 is 38.5. The molecule has 13 heteroatoms. The number of benzene rings is 1. The molecular weight excluding hydrogens is 497 g/mol. The Hall–Kier alpha value is -3.38. The number of hydrogen-bond acceptors (Lipinski definition) is 7. The Morgan fingerprint density at radius 3 is 2.56 bits per heavy atom. The molecule has 1 saturated heterocycles. The normalized spacial score (nSPS) is 15.2. The molecule has 1 aliphatic rings. The Labute approximate surface area is 210 Å². The number of carbonyl (C=O) groups is 1. The Kier molecular flexibility index (Phi) is 7.36. The number of nitrogens with one attached hydrogen (secondary N) is 3. The van der Waals surface area contributed by atoms with Crippen LogP contribution in [0.3, 0.4) is 0 Å². The lowest BCUT2D eigenvalue weighted by Crippen LogP contribution is -2.39. The maximum absolute atomic E-state index is 12.8. The van der Waals surface area contributed by atoms with Gasteiger partial charge in [0.1, 0.15) is 10.7 Å². The van der Waals surface area contributed by atoms with Gasteiger partial charge in [0, 0.05) is 11.8 Å². The number of amides is 1. The number of H-pyrrole nitrogens is 1. The molecule has 0 aliphatic carbocycles. The molecule has 3 heterocycles. The largest absolute Gasteiger partial charge is 0.432 e. The predicted octanol–water partition coefficient (Wildman–Crippen LogP) is 4.64. The van der Waals surface area contributed by atoms with Gasteiger partial charge >= 0.3 is 6.18 Å². The SMILES string of the molecule is Cc1cc(C2CCN(CC(N)=O)CC2)c(C)cc1Nc1ncc(Cl)c(Nc2cc(C(F)(F)F)[nH]n2)n1. The minimum atomic E-state index is -4.54. The lowest BCUT2D eigenvalue weighted by molar-refractivity contribution is -0.141. The molecule has 36 heavy (non-hydrogen) atoms. The molecule has 0 spiro atoms. The molecular formula is C23H26ClF3N8O. The molecule has 0 radical (unpaired) electrons. The van der Waals surface area contributed by atoms with Crippen molar-refractivity contribution in [1.82, 2.24) is 25.1 Å². The number of nitrogens with two attached hydrogens (primary N) is 1. The van der Waals surface area contributed by atoms with Crippen LogP contribution in [0.2, 0.25) is 5.02 Å². The third-order valence-corrected chi connectivity index (χ3v) is 6.42. The summed E-state index contributed by atoms with van der Waals surface area (Å²) in [5, 5.41) is 11.5. The Morgan fingerprint density at radius 2 is 1.92 bits per heavy atom. The zero-order valence-corrected chi connectivity index (χ0v) is 20.5. The van der Waals surface area contributed by atoms with Crippen LogP contribution >= 0.6 is 11.6 Å². The molecule has 0 saturated carbocycles. The van der Waals surface area contributed by atoms with Crippen LogP contribution in [0.1, 0.15) is 41.1 Å². The van der Waals surface area contributed by atoms with E-state index in [2.05, 4.69) is 36.7 Å². The van der Waals surface area contributed by atoms with Gasteiger partial charge in [-0.2, -0.15) is 23.3 Å². The molecule has 192 valence electrons. The number of piperidine rings is 1. The summed E-state index contributed by atoms with van der Waals surface area (Å²) in [4.78, 5) is 21.8. The van der Waals surface area contributed by atoms with Crippen LogP contribution in [-0.4, -0.2) is 50.6 Å². The van der Waals surface area contributed by atoms with E-state index in [4.69, 9.17) is 17.3 Å². The average molecular weight is 523 g/mol. The van der Waals surface area contributed by atoms with E-state index in [1.54, 1.807) is 0 Å². The Bertz CT molecular complexity index is 1250. The van der Waals surface area contributed by atoms with Gasteiger partial charge in [0.25, 0.3) is 0 Å². The number of aromatic nitrogens is 4. The highest BCUT2D eigenvalue weighted by molar-refractivity contribution is 6.32. The number of aromatic amines is 1. The first-order valence-electron chi connectivity index (χ1n) is 11.3. The molecule has 2 aromatic heterocycles. The molecule has 3 aromatic rings. The number of alkyl halides is 3. The molecule has 0 unspecified atom stereocenters. The second kappa shape index (κ2) is 10.3. The van der Waals surface area contributed by atoms with Crippen molar-refractivity contribution < 1.29 is 18.0 Å². The molecule has 1 aliphatic heterocycles. The molecule has 5 N–H and O–H groups in total. The van der Waals surface area contributed by atoms with E-state index in [1.165, 1.54) is 11.8 Å². The third-order valence-electron chi connectivity index (χ3n) is 6.14. The number of halogens is 4. The van der Waals surface area contributed by atoms with E-state index < -0.39 is 11.9 Å². The first-order chi connectivity index (χ1) is 17.0. The van der Waals surface area contributed by atoms with Gasteiger partial charge in [-0.25, -0.2) is 4.98 Å². The van der Waals surface area contributed by atoms with Crippen molar-refractivity contribution in [1.29, 1.82) is 0 Å². The fourth-order valence-electron chi connectivity index (χ4n) is 4.32. The van der Waals surface area contributed by atoms with Gasteiger partial charge in [0.05, 0.1) is 12.7 Å². The fourth-order valence-corrected chi connectivity index (χ4v) is 4.46. The molecule has 0 atom stereocenters. The van der Waals surface area contributed by atoms with Crippen LogP contribution in [0.5, 0.6) is 0 Å². The van der Waals surface area contributed by atoms with Gasteiger partial charge < -0.3 is 16.4 Å². The minimum absolute atomic E-state index is 0.0767. The Balaban J connectivity index is 1.47. The first kappa shape index (κ1) is 25.7.